The lowest BCUT2D eigenvalue weighted by Gasteiger charge is -2.39. The van der Waals surface area contributed by atoms with Crippen LogP contribution in [0.3, 0.4) is 0 Å². The number of nitrogens with zero attached hydrogens (tertiary/aromatic N) is 2. The molecule has 1 atom stereocenters. The van der Waals surface area contributed by atoms with Gasteiger partial charge in [-0.2, -0.15) is 0 Å². The van der Waals surface area contributed by atoms with E-state index in [2.05, 4.69) is 29.1 Å². The van der Waals surface area contributed by atoms with Gasteiger partial charge < -0.3 is 15.1 Å². The molecule has 1 unspecified atom stereocenters. The fraction of sp³-hybridized carbons (Fsp3) is 1.00. The molecule has 0 aromatic rings. The molecule has 0 aromatic carbocycles. The van der Waals surface area contributed by atoms with Gasteiger partial charge in [-0.3, -0.25) is 0 Å². The van der Waals surface area contributed by atoms with Crippen molar-refractivity contribution in [3.8, 4) is 0 Å². The zero-order chi connectivity index (χ0) is 9.97. The highest BCUT2D eigenvalue weighted by molar-refractivity contribution is 4.81. The van der Waals surface area contributed by atoms with E-state index in [-0.39, 0.29) is 0 Å². The minimum atomic E-state index is 0.815. The molecule has 3 heteroatoms. The van der Waals surface area contributed by atoms with Crippen LogP contribution < -0.4 is 5.32 Å². The summed E-state index contributed by atoms with van der Waals surface area (Å²) in [6.07, 6.45) is 0. The average Bonchev–Trinajstić information content (AvgIpc) is 2.27. The van der Waals surface area contributed by atoms with Crippen LogP contribution >= 0.6 is 0 Å². The molecule has 3 nitrogen and oxygen atoms in total. The number of likely N-dealkylation sites (tertiary alicyclic amines) is 1. The van der Waals surface area contributed by atoms with Crippen LogP contribution in [0.25, 0.3) is 0 Å². The third-order valence-electron chi connectivity index (χ3n) is 3.32. The van der Waals surface area contributed by atoms with E-state index in [9.17, 15) is 0 Å². The lowest BCUT2D eigenvalue weighted by molar-refractivity contribution is 0.0894. The molecule has 1 N–H and O–H groups in total. The summed E-state index contributed by atoms with van der Waals surface area (Å²) in [7, 11) is 2.21. The molecule has 2 saturated heterocycles. The van der Waals surface area contributed by atoms with Crippen molar-refractivity contribution < 1.29 is 0 Å². The fourth-order valence-electron chi connectivity index (χ4n) is 2.66. The van der Waals surface area contributed by atoms with E-state index in [1.54, 1.807) is 0 Å². The van der Waals surface area contributed by atoms with E-state index in [4.69, 9.17) is 0 Å². The zero-order valence-electron chi connectivity index (χ0n) is 9.50. The standard InChI is InChI=1S/C11H23N3/c1-10-5-12-3-4-14(6-10)9-11-7-13(2)8-11/h10-12H,3-9H2,1-2H3. The van der Waals surface area contributed by atoms with Gasteiger partial charge in [-0.15, -0.1) is 0 Å². The van der Waals surface area contributed by atoms with Gasteiger partial charge in [0, 0.05) is 39.3 Å². The van der Waals surface area contributed by atoms with Gasteiger partial charge in [0.15, 0.2) is 0 Å². The summed E-state index contributed by atoms with van der Waals surface area (Å²) in [5.74, 6) is 1.75. The van der Waals surface area contributed by atoms with Crippen LogP contribution in [-0.4, -0.2) is 62.7 Å². The van der Waals surface area contributed by atoms with Crippen molar-refractivity contribution in [2.75, 3.05) is 52.9 Å². The monoisotopic (exact) mass is 197 g/mol. The molecule has 14 heavy (non-hydrogen) atoms. The zero-order valence-corrected chi connectivity index (χ0v) is 9.50. The van der Waals surface area contributed by atoms with Gasteiger partial charge >= 0.3 is 0 Å². The Balaban J connectivity index is 1.73. The first-order chi connectivity index (χ1) is 6.74. The van der Waals surface area contributed by atoms with Gasteiger partial charge in [-0.25, -0.2) is 0 Å². The Hall–Kier alpha value is -0.120. The van der Waals surface area contributed by atoms with Crippen LogP contribution in [0.4, 0.5) is 0 Å². The maximum atomic E-state index is 3.49. The molecular weight excluding hydrogens is 174 g/mol. The Morgan fingerprint density at radius 2 is 2.07 bits per heavy atom. The molecule has 0 bridgehead atoms. The van der Waals surface area contributed by atoms with Crippen LogP contribution in [0.2, 0.25) is 0 Å². The summed E-state index contributed by atoms with van der Waals surface area (Å²) < 4.78 is 0. The molecule has 2 heterocycles. The summed E-state index contributed by atoms with van der Waals surface area (Å²) in [6.45, 7) is 11.2. The molecule has 0 amide bonds. The Labute approximate surface area is 87.4 Å². The summed E-state index contributed by atoms with van der Waals surface area (Å²) in [5.41, 5.74) is 0. The maximum Gasteiger partial charge on any atom is 0.0107 e. The molecule has 0 saturated carbocycles. The Morgan fingerprint density at radius 3 is 2.79 bits per heavy atom. The normalized spacial score (nSPS) is 32.6. The lowest BCUT2D eigenvalue weighted by atomic mass is 10.00. The van der Waals surface area contributed by atoms with Gasteiger partial charge in [0.05, 0.1) is 0 Å². The fourth-order valence-corrected chi connectivity index (χ4v) is 2.66. The smallest absolute Gasteiger partial charge is 0.0107 e. The first-order valence-electron chi connectivity index (χ1n) is 5.85. The van der Waals surface area contributed by atoms with Crippen molar-refractivity contribution in [2.24, 2.45) is 11.8 Å². The number of hydrogen-bond donors (Lipinski definition) is 1. The van der Waals surface area contributed by atoms with E-state index < -0.39 is 0 Å². The summed E-state index contributed by atoms with van der Waals surface area (Å²) in [5, 5.41) is 3.49. The largest absolute Gasteiger partial charge is 0.315 e. The lowest BCUT2D eigenvalue weighted by Crippen LogP contribution is -2.50. The van der Waals surface area contributed by atoms with Crippen molar-refractivity contribution in [2.45, 2.75) is 6.92 Å². The molecule has 2 fully saturated rings. The second kappa shape index (κ2) is 4.60. The van der Waals surface area contributed by atoms with Gasteiger partial charge in [-0.1, -0.05) is 6.92 Å². The van der Waals surface area contributed by atoms with E-state index in [0.717, 1.165) is 11.8 Å². The topological polar surface area (TPSA) is 18.5 Å². The Bertz CT molecular complexity index is 177. The third kappa shape index (κ3) is 2.69. The molecule has 0 aromatic heterocycles. The third-order valence-corrected chi connectivity index (χ3v) is 3.32. The molecule has 2 aliphatic rings. The SMILES string of the molecule is CC1CNCCN(CC2CN(C)C2)C1. The molecule has 0 spiro atoms. The van der Waals surface area contributed by atoms with Crippen molar-refractivity contribution in [1.82, 2.24) is 15.1 Å². The number of rotatable bonds is 2. The van der Waals surface area contributed by atoms with Crippen molar-refractivity contribution >= 4 is 0 Å². The van der Waals surface area contributed by atoms with Gasteiger partial charge in [0.1, 0.15) is 0 Å². The first-order valence-corrected chi connectivity index (χ1v) is 5.85. The highest BCUT2D eigenvalue weighted by Crippen LogP contribution is 2.15. The van der Waals surface area contributed by atoms with Crippen LogP contribution in [0.1, 0.15) is 6.92 Å². The van der Waals surface area contributed by atoms with Crippen molar-refractivity contribution in [1.29, 1.82) is 0 Å². The van der Waals surface area contributed by atoms with E-state index in [1.807, 2.05) is 0 Å². The highest BCUT2D eigenvalue weighted by Gasteiger charge is 2.26. The molecule has 2 aliphatic heterocycles. The predicted molar refractivity (Wildman–Crippen MR) is 59.5 cm³/mol. The second-order valence-corrected chi connectivity index (χ2v) is 5.16. The Morgan fingerprint density at radius 1 is 1.29 bits per heavy atom. The van der Waals surface area contributed by atoms with E-state index >= 15 is 0 Å². The van der Waals surface area contributed by atoms with Crippen molar-refractivity contribution in [3.05, 3.63) is 0 Å². The highest BCUT2D eigenvalue weighted by atomic mass is 15.2. The quantitative estimate of drug-likeness (QED) is 0.677. The molecule has 0 radical (unpaired) electrons. The van der Waals surface area contributed by atoms with Crippen LogP contribution in [-0.2, 0) is 0 Å². The molecule has 82 valence electrons. The van der Waals surface area contributed by atoms with Crippen molar-refractivity contribution in [3.63, 3.8) is 0 Å². The predicted octanol–water partition coefficient (Wildman–Crippen LogP) is 0.0893. The summed E-state index contributed by atoms with van der Waals surface area (Å²) >= 11 is 0. The van der Waals surface area contributed by atoms with Crippen LogP contribution in [0, 0.1) is 11.8 Å². The van der Waals surface area contributed by atoms with Crippen LogP contribution in [0.15, 0.2) is 0 Å². The van der Waals surface area contributed by atoms with Gasteiger partial charge in [-0.05, 0) is 25.4 Å². The molecule has 0 aliphatic carbocycles. The van der Waals surface area contributed by atoms with Crippen LogP contribution in [0.5, 0.6) is 0 Å². The average molecular weight is 197 g/mol. The minimum absolute atomic E-state index is 0.815. The van der Waals surface area contributed by atoms with Gasteiger partial charge in [0.25, 0.3) is 0 Å². The van der Waals surface area contributed by atoms with E-state index in [0.29, 0.717) is 0 Å². The Kier molecular flexibility index (Phi) is 3.42. The second-order valence-electron chi connectivity index (χ2n) is 5.16. The number of nitrogens with one attached hydrogen (secondary N) is 1. The first kappa shape index (κ1) is 10.4. The van der Waals surface area contributed by atoms with E-state index in [1.165, 1.54) is 45.8 Å². The molecular formula is C11H23N3. The maximum absolute atomic E-state index is 3.49. The minimum Gasteiger partial charge on any atom is -0.315 e. The summed E-state index contributed by atoms with van der Waals surface area (Å²) in [4.78, 5) is 5.05. The summed E-state index contributed by atoms with van der Waals surface area (Å²) in [6, 6.07) is 0. The van der Waals surface area contributed by atoms with Gasteiger partial charge in [0.2, 0.25) is 0 Å². The molecule has 2 rings (SSSR count). The number of hydrogen-bond acceptors (Lipinski definition) is 3.